The third-order valence-corrected chi connectivity index (χ3v) is 2.73. The second kappa shape index (κ2) is 10.3. The highest BCUT2D eigenvalue weighted by atomic mass is 16.6. The number of esters is 4. The number of carbonyl (C=O) groups is 4. The minimum Gasteiger partial charge on any atom is -0.386 e. The Hall–Kier alpha value is -2.50. The van der Waals surface area contributed by atoms with Gasteiger partial charge in [0.25, 0.3) is 0 Å². The maximum Gasteiger partial charge on any atom is 0.341 e. The number of hydrogen-bond donors (Lipinski definition) is 0. The van der Waals surface area contributed by atoms with Crippen molar-refractivity contribution < 1.29 is 28.7 Å². The molecule has 0 aliphatic heterocycles. The van der Waals surface area contributed by atoms with E-state index in [4.69, 9.17) is 0 Å². The van der Waals surface area contributed by atoms with Crippen LogP contribution in [-0.4, -0.2) is 23.9 Å². The molecule has 0 fully saturated rings. The number of allylic oxidation sites excluding steroid dienone is 2. The van der Waals surface area contributed by atoms with Crippen molar-refractivity contribution in [3.63, 3.8) is 0 Å². The molecular weight excluding hydrogens is 288 g/mol. The normalized spacial score (nSPS) is 12.2. The van der Waals surface area contributed by atoms with Crippen LogP contribution in [0, 0.1) is 0 Å². The van der Waals surface area contributed by atoms with E-state index in [1.165, 1.54) is 12.2 Å². The van der Waals surface area contributed by atoms with Gasteiger partial charge in [-0.1, -0.05) is 26.0 Å². The van der Waals surface area contributed by atoms with Crippen molar-refractivity contribution in [2.75, 3.05) is 0 Å². The third kappa shape index (κ3) is 6.78. The van der Waals surface area contributed by atoms with E-state index in [-0.39, 0.29) is 0 Å². The minimum absolute atomic E-state index is 0.347. The fourth-order valence-corrected chi connectivity index (χ4v) is 1.45. The molecule has 0 saturated carbocycles. The lowest BCUT2D eigenvalue weighted by atomic mass is 10.2. The van der Waals surface area contributed by atoms with Crippen LogP contribution in [0.25, 0.3) is 0 Å². The van der Waals surface area contributed by atoms with Gasteiger partial charge in [0.1, 0.15) is 0 Å². The van der Waals surface area contributed by atoms with Crippen LogP contribution in [0.15, 0.2) is 35.5 Å². The minimum atomic E-state index is -1.01. The predicted octanol–water partition coefficient (Wildman–Crippen LogP) is 2.39. The molecule has 0 rings (SSSR count). The summed E-state index contributed by atoms with van der Waals surface area (Å²) in [7, 11) is 0. The Morgan fingerprint density at radius 3 is 1.27 bits per heavy atom. The lowest BCUT2D eigenvalue weighted by molar-refractivity contribution is -0.156. The summed E-state index contributed by atoms with van der Waals surface area (Å²) in [6.45, 7) is 6.78. The monoisotopic (exact) mass is 308 g/mol. The molecule has 0 aliphatic rings. The fourth-order valence-electron chi connectivity index (χ4n) is 1.45. The smallest absolute Gasteiger partial charge is 0.341 e. The second-order valence-corrected chi connectivity index (χ2v) is 4.09. The van der Waals surface area contributed by atoms with Crippen molar-refractivity contribution in [1.82, 2.24) is 0 Å². The van der Waals surface area contributed by atoms with Gasteiger partial charge in [-0.3, -0.25) is 0 Å². The van der Waals surface area contributed by atoms with Crippen molar-refractivity contribution in [3.8, 4) is 0 Å². The van der Waals surface area contributed by atoms with Crippen molar-refractivity contribution in [2.24, 2.45) is 0 Å². The van der Waals surface area contributed by atoms with Crippen LogP contribution in [0.2, 0.25) is 0 Å². The zero-order valence-electron chi connectivity index (χ0n) is 13.2. The van der Waals surface area contributed by atoms with Crippen LogP contribution in [0.3, 0.4) is 0 Å². The molecule has 6 nitrogen and oxygen atoms in total. The summed E-state index contributed by atoms with van der Waals surface area (Å²) in [6, 6.07) is 0. The van der Waals surface area contributed by atoms with Crippen LogP contribution >= 0.6 is 0 Å². The van der Waals surface area contributed by atoms with Crippen LogP contribution in [0.1, 0.15) is 40.5 Å². The van der Waals surface area contributed by atoms with E-state index in [1.54, 1.807) is 27.7 Å². The SMILES string of the molecule is CC=C(CC)C(=O)OC(=O)/C=C\C(=O)OC(=O)C(=CC)CC. The van der Waals surface area contributed by atoms with Gasteiger partial charge < -0.3 is 9.47 Å². The van der Waals surface area contributed by atoms with Crippen molar-refractivity contribution in [3.05, 3.63) is 35.5 Å². The Morgan fingerprint density at radius 2 is 1.05 bits per heavy atom. The van der Waals surface area contributed by atoms with E-state index in [2.05, 4.69) is 9.47 Å². The molecule has 120 valence electrons. The Kier molecular flexibility index (Phi) is 9.09. The lowest BCUT2D eigenvalue weighted by Gasteiger charge is -2.02. The van der Waals surface area contributed by atoms with Crippen molar-refractivity contribution >= 4 is 23.9 Å². The zero-order valence-corrected chi connectivity index (χ0v) is 13.2. The molecule has 6 heteroatoms. The molecule has 0 aliphatic carbocycles. The molecule has 0 N–H and O–H groups in total. The van der Waals surface area contributed by atoms with Crippen molar-refractivity contribution in [1.29, 1.82) is 0 Å². The molecule has 0 bridgehead atoms. The van der Waals surface area contributed by atoms with E-state index in [0.29, 0.717) is 24.0 Å². The average molecular weight is 308 g/mol. The Labute approximate surface area is 129 Å². The number of carbonyl (C=O) groups excluding carboxylic acids is 4. The summed E-state index contributed by atoms with van der Waals surface area (Å²) < 4.78 is 9.00. The standard InChI is InChI=1S/C16H20O6/c1-5-11(6-2)15(19)21-13(17)9-10-14(18)22-16(20)12(7-3)8-4/h5,7,9-10H,6,8H2,1-4H3/b10-9-,11-5?,12-7?. The average Bonchev–Trinajstić information content (AvgIpc) is 2.47. The van der Waals surface area contributed by atoms with Gasteiger partial charge in [-0.25, -0.2) is 19.2 Å². The quantitative estimate of drug-likeness (QED) is 0.425. The molecule has 22 heavy (non-hydrogen) atoms. The molecular formula is C16H20O6. The molecule has 0 saturated heterocycles. The van der Waals surface area contributed by atoms with Crippen molar-refractivity contribution in [2.45, 2.75) is 40.5 Å². The number of rotatable bonds is 6. The van der Waals surface area contributed by atoms with Gasteiger partial charge in [0.15, 0.2) is 0 Å². The molecule has 0 unspecified atom stereocenters. The van der Waals surface area contributed by atoms with Gasteiger partial charge in [0.05, 0.1) is 0 Å². The van der Waals surface area contributed by atoms with Gasteiger partial charge in [0, 0.05) is 23.3 Å². The Morgan fingerprint density at radius 1 is 0.727 bits per heavy atom. The van der Waals surface area contributed by atoms with Gasteiger partial charge in [-0.15, -0.1) is 0 Å². The number of ether oxygens (including phenoxy) is 2. The summed E-state index contributed by atoms with van der Waals surface area (Å²) in [5.41, 5.74) is 0.695. The molecule has 0 aromatic carbocycles. The van der Waals surface area contributed by atoms with Gasteiger partial charge in [-0.2, -0.15) is 0 Å². The molecule has 0 atom stereocenters. The topological polar surface area (TPSA) is 86.7 Å². The summed E-state index contributed by atoms with van der Waals surface area (Å²) in [4.78, 5) is 45.7. The third-order valence-electron chi connectivity index (χ3n) is 2.73. The molecule has 0 heterocycles. The largest absolute Gasteiger partial charge is 0.386 e. The van der Waals surface area contributed by atoms with E-state index in [0.717, 1.165) is 12.2 Å². The molecule has 0 aromatic heterocycles. The van der Waals surface area contributed by atoms with Crippen LogP contribution in [0.4, 0.5) is 0 Å². The van der Waals surface area contributed by atoms with E-state index in [9.17, 15) is 19.2 Å². The lowest BCUT2D eigenvalue weighted by Crippen LogP contribution is -2.14. The highest BCUT2D eigenvalue weighted by molar-refractivity contribution is 6.03. The van der Waals surface area contributed by atoms with Gasteiger partial charge in [0.2, 0.25) is 0 Å². The summed E-state index contributed by atoms with van der Waals surface area (Å²) in [6.07, 6.45) is 5.39. The van der Waals surface area contributed by atoms with E-state index >= 15 is 0 Å². The number of hydrogen-bond acceptors (Lipinski definition) is 6. The van der Waals surface area contributed by atoms with Gasteiger partial charge in [-0.05, 0) is 26.7 Å². The highest BCUT2D eigenvalue weighted by Crippen LogP contribution is 2.05. The van der Waals surface area contributed by atoms with E-state index < -0.39 is 23.9 Å². The summed E-state index contributed by atoms with van der Waals surface area (Å²) in [5.74, 6) is -3.56. The first-order valence-corrected chi connectivity index (χ1v) is 6.90. The fraction of sp³-hybridized carbons (Fsp3) is 0.375. The maximum atomic E-state index is 11.5. The molecule has 0 radical (unpaired) electrons. The maximum absolute atomic E-state index is 11.5. The van der Waals surface area contributed by atoms with Crippen LogP contribution in [0.5, 0.6) is 0 Å². The summed E-state index contributed by atoms with van der Waals surface area (Å²) in [5, 5.41) is 0. The predicted molar refractivity (Wildman–Crippen MR) is 79.4 cm³/mol. The summed E-state index contributed by atoms with van der Waals surface area (Å²) >= 11 is 0. The first-order valence-electron chi connectivity index (χ1n) is 6.90. The van der Waals surface area contributed by atoms with Crippen LogP contribution in [-0.2, 0) is 28.7 Å². The molecule has 0 spiro atoms. The highest BCUT2D eigenvalue weighted by Gasteiger charge is 2.14. The zero-order chi connectivity index (χ0) is 17.1. The molecule has 0 aromatic rings. The Bertz CT molecular complexity index is 489. The molecule has 0 amide bonds. The first-order chi connectivity index (χ1) is 10.4. The van der Waals surface area contributed by atoms with E-state index in [1.807, 2.05) is 0 Å². The second-order valence-electron chi connectivity index (χ2n) is 4.09. The van der Waals surface area contributed by atoms with Crippen LogP contribution < -0.4 is 0 Å². The Balaban J connectivity index is 4.54. The van der Waals surface area contributed by atoms with Gasteiger partial charge >= 0.3 is 23.9 Å². The first kappa shape index (κ1) is 19.5.